The van der Waals surface area contributed by atoms with Gasteiger partial charge in [-0.1, -0.05) is 18.2 Å². The molecule has 6 heteroatoms. The lowest BCUT2D eigenvalue weighted by Crippen LogP contribution is -2.34. The van der Waals surface area contributed by atoms with Gasteiger partial charge in [0.05, 0.1) is 6.61 Å². The molecule has 1 aromatic carbocycles. The smallest absolute Gasteiger partial charge is 0.323 e. The van der Waals surface area contributed by atoms with Gasteiger partial charge in [0, 0.05) is 17.0 Å². The second-order valence-corrected chi connectivity index (χ2v) is 4.27. The lowest BCUT2D eigenvalue weighted by atomic mass is 10.0. The number of benzene rings is 1. The quantitative estimate of drug-likeness (QED) is 0.835. The van der Waals surface area contributed by atoms with Crippen molar-refractivity contribution in [1.82, 2.24) is 4.98 Å². The summed E-state index contributed by atoms with van der Waals surface area (Å²) in [7, 11) is 0. The van der Waals surface area contributed by atoms with Crippen molar-refractivity contribution in [3.63, 3.8) is 0 Å². The largest absolute Gasteiger partial charge is 0.465 e. The third-order valence-electron chi connectivity index (χ3n) is 2.87. The van der Waals surface area contributed by atoms with Gasteiger partial charge in [0.2, 0.25) is 5.56 Å². The number of pyridine rings is 1. The molecule has 0 aliphatic rings. The summed E-state index contributed by atoms with van der Waals surface area (Å²) in [6.45, 7) is 2.02. The van der Waals surface area contributed by atoms with E-state index in [0.717, 1.165) is 16.5 Å². The molecule has 0 radical (unpaired) electrons. The number of hydrogen-bond acceptors (Lipinski definition) is 4. The number of hydrogen-bond donors (Lipinski definition) is 2. The van der Waals surface area contributed by atoms with Gasteiger partial charge < -0.3 is 15.5 Å². The highest BCUT2D eigenvalue weighted by molar-refractivity contribution is 5.85. The number of nitrogens with one attached hydrogen (secondary N) is 1. The molecule has 0 aliphatic carbocycles. The van der Waals surface area contributed by atoms with Crippen LogP contribution < -0.4 is 11.3 Å². The molecule has 1 aromatic heterocycles. The third kappa shape index (κ3) is 3.59. The first-order chi connectivity index (χ1) is 9.11. The highest BCUT2D eigenvalue weighted by Gasteiger charge is 2.16. The fourth-order valence-electron chi connectivity index (χ4n) is 2.02. The molecule has 108 valence electrons. The zero-order chi connectivity index (χ0) is 13.8. The lowest BCUT2D eigenvalue weighted by molar-refractivity contribution is -0.144. The first-order valence-corrected chi connectivity index (χ1v) is 6.15. The summed E-state index contributed by atoms with van der Waals surface area (Å²) in [5.41, 5.74) is 7.07. The van der Waals surface area contributed by atoms with Crippen LogP contribution in [0.25, 0.3) is 10.9 Å². The molecule has 0 bridgehead atoms. The Morgan fingerprint density at radius 2 is 2.10 bits per heavy atom. The maximum absolute atomic E-state index is 11.6. The number of esters is 1. The maximum atomic E-state index is 11.6. The van der Waals surface area contributed by atoms with Crippen LogP contribution in [0, 0.1) is 0 Å². The average molecular weight is 297 g/mol. The molecule has 0 amide bonds. The molecule has 1 atom stereocenters. The molecule has 1 unspecified atom stereocenters. The summed E-state index contributed by atoms with van der Waals surface area (Å²) >= 11 is 0. The first-order valence-electron chi connectivity index (χ1n) is 6.15. The summed E-state index contributed by atoms with van der Waals surface area (Å²) in [4.78, 5) is 25.8. The standard InChI is InChI=1S/C14H16N2O3.ClH/c1-2-19-14(18)11(15)7-9-8-13(17)16-12-6-4-3-5-10(9)12;/h3-6,8,11H,2,7,15H2,1H3,(H,16,17);1H. The highest BCUT2D eigenvalue weighted by Crippen LogP contribution is 2.15. The number of nitrogens with two attached hydrogens (primary N) is 1. The molecule has 0 spiro atoms. The third-order valence-corrected chi connectivity index (χ3v) is 2.87. The second kappa shape index (κ2) is 7.07. The zero-order valence-electron chi connectivity index (χ0n) is 11.1. The maximum Gasteiger partial charge on any atom is 0.323 e. The molecule has 0 saturated carbocycles. The number of rotatable bonds is 4. The van der Waals surface area contributed by atoms with Crippen molar-refractivity contribution in [1.29, 1.82) is 0 Å². The van der Waals surface area contributed by atoms with Crippen LogP contribution in [0.4, 0.5) is 0 Å². The van der Waals surface area contributed by atoms with Crippen LogP contribution in [-0.2, 0) is 16.0 Å². The van der Waals surface area contributed by atoms with E-state index in [1.807, 2.05) is 24.3 Å². The topological polar surface area (TPSA) is 85.2 Å². The van der Waals surface area contributed by atoms with Gasteiger partial charge in [0.1, 0.15) is 6.04 Å². The predicted octanol–water partition coefficient (Wildman–Crippen LogP) is 1.38. The molecular formula is C14H17ClN2O3. The van der Waals surface area contributed by atoms with E-state index in [0.29, 0.717) is 6.61 Å². The van der Waals surface area contributed by atoms with E-state index in [9.17, 15) is 9.59 Å². The Hall–Kier alpha value is -1.85. The van der Waals surface area contributed by atoms with Crippen molar-refractivity contribution >= 4 is 29.3 Å². The van der Waals surface area contributed by atoms with Gasteiger partial charge in [-0.05, 0) is 25.0 Å². The summed E-state index contributed by atoms with van der Waals surface area (Å²) in [6.07, 6.45) is 0.281. The number of aromatic amines is 1. The molecule has 0 aliphatic heterocycles. The molecule has 20 heavy (non-hydrogen) atoms. The van der Waals surface area contributed by atoms with Gasteiger partial charge in [0.25, 0.3) is 0 Å². The Kier molecular flexibility index (Phi) is 5.73. The van der Waals surface area contributed by atoms with Crippen LogP contribution in [0.1, 0.15) is 12.5 Å². The summed E-state index contributed by atoms with van der Waals surface area (Å²) in [5, 5.41) is 0.891. The van der Waals surface area contributed by atoms with E-state index >= 15 is 0 Å². The Labute approximate surface area is 122 Å². The number of carbonyl (C=O) groups excluding carboxylic acids is 1. The minimum absolute atomic E-state index is 0. The van der Waals surface area contributed by atoms with E-state index in [1.165, 1.54) is 6.07 Å². The van der Waals surface area contributed by atoms with Gasteiger partial charge in [-0.25, -0.2) is 0 Å². The van der Waals surface area contributed by atoms with E-state index < -0.39 is 12.0 Å². The van der Waals surface area contributed by atoms with Gasteiger partial charge in [0.15, 0.2) is 0 Å². The first kappa shape index (κ1) is 16.2. The number of H-pyrrole nitrogens is 1. The molecule has 3 N–H and O–H groups in total. The molecular weight excluding hydrogens is 280 g/mol. The molecule has 1 heterocycles. The minimum atomic E-state index is -0.759. The van der Waals surface area contributed by atoms with Crippen molar-refractivity contribution in [2.75, 3.05) is 6.61 Å². The summed E-state index contributed by atoms with van der Waals surface area (Å²) in [6, 6.07) is 8.13. The van der Waals surface area contributed by atoms with Crippen LogP contribution in [0.3, 0.4) is 0 Å². The fourth-order valence-corrected chi connectivity index (χ4v) is 2.02. The molecule has 0 saturated heterocycles. The Bertz CT molecular complexity index is 654. The number of fused-ring (bicyclic) bond motifs is 1. The van der Waals surface area contributed by atoms with Crippen LogP contribution in [0.2, 0.25) is 0 Å². The van der Waals surface area contributed by atoms with Gasteiger partial charge in [-0.2, -0.15) is 0 Å². The minimum Gasteiger partial charge on any atom is -0.465 e. The number of carbonyl (C=O) groups is 1. The SMILES string of the molecule is CCOC(=O)C(N)Cc1cc(=O)[nH]c2ccccc12.Cl. The van der Waals surface area contributed by atoms with E-state index in [2.05, 4.69) is 4.98 Å². The Morgan fingerprint density at radius 3 is 2.80 bits per heavy atom. The predicted molar refractivity (Wildman–Crippen MR) is 80.1 cm³/mol. The zero-order valence-corrected chi connectivity index (χ0v) is 11.9. The summed E-state index contributed by atoms with van der Waals surface area (Å²) in [5.74, 6) is -0.452. The van der Waals surface area contributed by atoms with Gasteiger partial charge in [-0.15, -0.1) is 12.4 Å². The van der Waals surface area contributed by atoms with Crippen LogP contribution >= 0.6 is 12.4 Å². The lowest BCUT2D eigenvalue weighted by Gasteiger charge is -2.12. The van der Waals surface area contributed by atoms with Crippen LogP contribution in [-0.4, -0.2) is 23.6 Å². The second-order valence-electron chi connectivity index (χ2n) is 4.27. The van der Waals surface area contributed by atoms with Crippen molar-refractivity contribution in [3.05, 3.63) is 46.2 Å². The Balaban J connectivity index is 0.00000200. The number of halogens is 1. The number of para-hydroxylation sites is 1. The molecule has 5 nitrogen and oxygen atoms in total. The van der Waals surface area contributed by atoms with Crippen molar-refractivity contribution in [2.24, 2.45) is 5.73 Å². The van der Waals surface area contributed by atoms with Gasteiger partial charge in [-0.3, -0.25) is 9.59 Å². The fraction of sp³-hybridized carbons (Fsp3) is 0.286. The van der Waals surface area contributed by atoms with Gasteiger partial charge >= 0.3 is 5.97 Å². The van der Waals surface area contributed by atoms with Crippen molar-refractivity contribution < 1.29 is 9.53 Å². The van der Waals surface area contributed by atoms with E-state index in [-0.39, 0.29) is 24.4 Å². The average Bonchev–Trinajstić information content (AvgIpc) is 2.38. The van der Waals surface area contributed by atoms with E-state index in [1.54, 1.807) is 6.92 Å². The number of ether oxygens (including phenoxy) is 1. The molecule has 2 aromatic rings. The number of aromatic nitrogens is 1. The monoisotopic (exact) mass is 296 g/mol. The normalized spacial score (nSPS) is 11.7. The van der Waals surface area contributed by atoms with Crippen molar-refractivity contribution in [2.45, 2.75) is 19.4 Å². The Morgan fingerprint density at radius 1 is 1.40 bits per heavy atom. The molecule has 0 fully saturated rings. The van der Waals surface area contributed by atoms with Crippen molar-refractivity contribution in [3.8, 4) is 0 Å². The summed E-state index contributed by atoms with van der Waals surface area (Å²) < 4.78 is 4.87. The van der Waals surface area contributed by atoms with Crippen LogP contribution in [0.5, 0.6) is 0 Å². The van der Waals surface area contributed by atoms with Crippen LogP contribution in [0.15, 0.2) is 35.1 Å². The molecule has 2 rings (SSSR count). The highest BCUT2D eigenvalue weighted by atomic mass is 35.5. The van der Waals surface area contributed by atoms with E-state index in [4.69, 9.17) is 10.5 Å².